The first-order valence-electron chi connectivity index (χ1n) is 5.67. The lowest BCUT2D eigenvalue weighted by atomic mass is 10.2. The molecule has 2 aromatic rings. The number of nitrogens with zero attached hydrogens (tertiary/aromatic N) is 2. The first-order chi connectivity index (χ1) is 9.08. The van der Waals surface area contributed by atoms with Crippen LogP contribution in [0.3, 0.4) is 0 Å². The van der Waals surface area contributed by atoms with Crippen molar-refractivity contribution >= 4 is 51.7 Å². The summed E-state index contributed by atoms with van der Waals surface area (Å²) in [4.78, 5) is 29.8. The van der Waals surface area contributed by atoms with Crippen molar-refractivity contribution in [3.63, 3.8) is 0 Å². The third-order valence-electron chi connectivity index (χ3n) is 3.01. The molecule has 2 aromatic heterocycles. The zero-order valence-electron chi connectivity index (χ0n) is 9.74. The van der Waals surface area contributed by atoms with Gasteiger partial charge in [-0.15, -0.1) is 11.3 Å². The van der Waals surface area contributed by atoms with E-state index in [4.69, 9.17) is 0 Å². The van der Waals surface area contributed by atoms with Gasteiger partial charge in [-0.3, -0.25) is 4.79 Å². The van der Waals surface area contributed by atoms with Gasteiger partial charge in [0, 0.05) is 29.8 Å². The second-order valence-corrected chi connectivity index (χ2v) is 6.03. The van der Waals surface area contributed by atoms with Crippen LogP contribution in [0.15, 0.2) is 18.3 Å². The maximum atomic E-state index is 12.0. The number of thiophene rings is 1. The Morgan fingerprint density at radius 3 is 3.00 bits per heavy atom. The Labute approximate surface area is 118 Å². The molecule has 1 unspecified atom stereocenters. The lowest BCUT2D eigenvalue weighted by Crippen LogP contribution is -2.25. The van der Waals surface area contributed by atoms with Crippen molar-refractivity contribution in [2.75, 3.05) is 11.4 Å². The molecule has 1 atom stereocenters. The van der Waals surface area contributed by atoms with Crippen LogP contribution in [0.2, 0.25) is 0 Å². The Morgan fingerprint density at radius 2 is 2.37 bits per heavy atom. The number of carbonyl (C=O) groups is 2. The maximum absolute atomic E-state index is 12.0. The molecule has 3 heterocycles. The molecule has 19 heavy (non-hydrogen) atoms. The maximum Gasteiger partial charge on any atom is 0.348 e. The van der Waals surface area contributed by atoms with Gasteiger partial charge in [0.2, 0.25) is 5.91 Å². The zero-order valence-corrected chi connectivity index (χ0v) is 11.4. The molecule has 1 aliphatic heterocycles. The summed E-state index contributed by atoms with van der Waals surface area (Å²) < 4.78 is 0. The number of thiol groups is 1. The fourth-order valence-corrected chi connectivity index (χ4v) is 3.54. The number of fused-ring (bicyclic) bond motifs is 1. The van der Waals surface area contributed by atoms with E-state index in [2.05, 4.69) is 17.6 Å². The number of hydrogen-bond acceptors (Lipinski definition) is 5. The Balaban J connectivity index is 2.23. The second-order valence-electron chi connectivity index (χ2n) is 4.30. The van der Waals surface area contributed by atoms with Gasteiger partial charge in [-0.25, -0.2) is 9.78 Å². The van der Waals surface area contributed by atoms with Gasteiger partial charge in [-0.1, -0.05) is 0 Å². The molecule has 1 aliphatic rings. The summed E-state index contributed by atoms with van der Waals surface area (Å²) in [6.07, 6.45) is 1.95. The first-order valence-corrected chi connectivity index (χ1v) is 7.00. The molecular weight excluding hydrogens is 284 g/mol. The van der Waals surface area contributed by atoms with Crippen molar-refractivity contribution in [3.8, 4) is 0 Å². The van der Waals surface area contributed by atoms with Gasteiger partial charge in [0.1, 0.15) is 9.71 Å². The Kier molecular flexibility index (Phi) is 2.94. The molecule has 0 bridgehead atoms. The molecule has 1 fully saturated rings. The topological polar surface area (TPSA) is 70.5 Å². The van der Waals surface area contributed by atoms with E-state index >= 15 is 0 Å². The molecule has 5 nitrogen and oxygen atoms in total. The molecule has 0 aliphatic carbocycles. The van der Waals surface area contributed by atoms with E-state index in [1.54, 1.807) is 18.3 Å². The summed E-state index contributed by atoms with van der Waals surface area (Å²) >= 11 is 5.39. The van der Waals surface area contributed by atoms with E-state index < -0.39 is 5.97 Å². The number of hydrogen-bond donors (Lipinski definition) is 2. The molecule has 3 rings (SSSR count). The highest BCUT2D eigenvalue weighted by Crippen LogP contribution is 2.39. The molecular formula is C12H10N2O3S2. The Bertz CT molecular complexity index is 683. The largest absolute Gasteiger partial charge is 0.477 e. The van der Waals surface area contributed by atoms with Crippen LogP contribution in [0, 0.1) is 0 Å². The normalized spacial score (nSPS) is 19.3. The van der Waals surface area contributed by atoms with Crippen LogP contribution in [0.4, 0.5) is 5.69 Å². The van der Waals surface area contributed by atoms with Gasteiger partial charge in [-0.2, -0.15) is 12.6 Å². The number of pyridine rings is 1. The number of amides is 1. The summed E-state index contributed by atoms with van der Waals surface area (Å²) in [6.45, 7) is 0.433. The van der Waals surface area contributed by atoms with Crippen molar-refractivity contribution in [1.82, 2.24) is 4.98 Å². The number of carbonyl (C=O) groups excluding carboxylic acids is 1. The van der Waals surface area contributed by atoms with Crippen molar-refractivity contribution in [2.24, 2.45) is 0 Å². The lowest BCUT2D eigenvalue weighted by Gasteiger charge is -2.16. The lowest BCUT2D eigenvalue weighted by molar-refractivity contribution is -0.117. The van der Waals surface area contributed by atoms with E-state index in [0.29, 0.717) is 28.9 Å². The Morgan fingerprint density at radius 1 is 1.58 bits per heavy atom. The fourth-order valence-electron chi connectivity index (χ4n) is 2.24. The summed E-state index contributed by atoms with van der Waals surface area (Å²) in [5, 5.41) is 9.96. The van der Waals surface area contributed by atoms with E-state index in [0.717, 1.165) is 11.3 Å². The fraction of sp³-hybridized carbons (Fsp3) is 0.250. The van der Waals surface area contributed by atoms with Crippen molar-refractivity contribution in [3.05, 3.63) is 23.2 Å². The van der Waals surface area contributed by atoms with Crippen LogP contribution in [-0.2, 0) is 4.79 Å². The molecule has 1 saturated heterocycles. The number of carboxylic acid groups (broad SMARTS) is 1. The highest BCUT2D eigenvalue weighted by molar-refractivity contribution is 7.81. The van der Waals surface area contributed by atoms with E-state index in [-0.39, 0.29) is 16.0 Å². The molecule has 0 spiro atoms. The van der Waals surface area contributed by atoms with Crippen LogP contribution in [0.5, 0.6) is 0 Å². The van der Waals surface area contributed by atoms with E-state index in [1.165, 1.54) is 4.90 Å². The first kappa shape index (κ1) is 12.4. The molecule has 1 N–H and O–H groups in total. The van der Waals surface area contributed by atoms with Crippen LogP contribution in [0.25, 0.3) is 10.2 Å². The Hall–Kier alpha value is -1.60. The van der Waals surface area contributed by atoms with E-state index in [1.807, 2.05) is 0 Å². The molecule has 0 radical (unpaired) electrons. The van der Waals surface area contributed by atoms with Gasteiger partial charge in [0.15, 0.2) is 0 Å². The van der Waals surface area contributed by atoms with Gasteiger partial charge in [0.25, 0.3) is 0 Å². The average Bonchev–Trinajstić information content (AvgIpc) is 2.89. The molecule has 98 valence electrons. The third-order valence-corrected chi connectivity index (χ3v) is 4.45. The summed E-state index contributed by atoms with van der Waals surface area (Å²) in [5.41, 5.74) is 0.460. The number of anilines is 1. The minimum atomic E-state index is -1.03. The third kappa shape index (κ3) is 1.98. The predicted molar refractivity (Wildman–Crippen MR) is 76.3 cm³/mol. The number of carboxylic acids is 1. The van der Waals surface area contributed by atoms with Crippen LogP contribution in [0.1, 0.15) is 16.1 Å². The van der Waals surface area contributed by atoms with Crippen molar-refractivity contribution < 1.29 is 14.7 Å². The number of aromatic nitrogens is 1. The number of aromatic carboxylic acids is 1. The number of rotatable bonds is 2. The van der Waals surface area contributed by atoms with Crippen LogP contribution >= 0.6 is 24.0 Å². The second kappa shape index (κ2) is 4.50. The van der Waals surface area contributed by atoms with Gasteiger partial charge >= 0.3 is 5.97 Å². The van der Waals surface area contributed by atoms with Crippen molar-refractivity contribution in [2.45, 2.75) is 11.7 Å². The standard InChI is InChI=1S/C12H10N2O3S2/c15-8-4-6(18)5-14(8)9-7-2-1-3-13-11(7)19-10(9)12(16)17/h1-3,6,18H,4-5H2,(H,16,17). The van der Waals surface area contributed by atoms with Crippen molar-refractivity contribution in [1.29, 1.82) is 0 Å². The molecule has 7 heteroatoms. The zero-order chi connectivity index (χ0) is 13.6. The monoisotopic (exact) mass is 294 g/mol. The highest BCUT2D eigenvalue weighted by atomic mass is 32.1. The average molecular weight is 294 g/mol. The van der Waals surface area contributed by atoms with Gasteiger partial charge in [-0.05, 0) is 12.1 Å². The molecule has 0 aromatic carbocycles. The highest BCUT2D eigenvalue weighted by Gasteiger charge is 2.33. The smallest absolute Gasteiger partial charge is 0.348 e. The van der Waals surface area contributed by atoms with Crippen LogP contribution in [-0.4, -0.2) is 33.8 Å². The van der Waals surface area contributed by atoms with Gasteiger partial charge < -0.3 is 10.0 Å². The summed E-state index contributed by atoms with van der Waals surface area (Å²) in [6, 6.07) is 3.53. The SMILES string of the molecule is O=C(O)c1sc2ncccc2c1N1CC(S)CC1=O. The molecule has 0 saturated carbocycles. The summed E-state index contributed by atoms with van der Waals surface area (Å²) in [5.74, 6) is -1.13. The van der Waals surface area contributed by atoms with Gasteiger partial charge in [0.05, 0.1) is 5.69 Å². The minimum Gasteiger partial charge on any atom is -0.477 e. The van der Waals surface area contributed by atoms with Crippen LogP contribution < -0.4 is 4.90 Å². The molecule has 1 amide bonds. The summed E-state index contributed by atoms with van der Waals surface area (Å²) in [7, 11) is 0. The minimum absolute atomic E-state index is 0.0548. The quantitative estimate of drug-likeness (QED) is 0.831. The predicted octanol–water partition coefficient (Wildman–Crippen LogP) is 2.03. The van der Waals surface area contributed by atoms with E-state index in [9.17, 15) is 14.7 Å².